The van der Waals surface area contributed by atoms with Gasteiger partial charge in [-0.1, -0.05) is 18.2 Å². The number of aromatic nitrogens is 3. The second-order valence-electron chi connectivity index (χ2n) is 6.38. The number of nitrogens with zero attached hydrogens (tertiary/aromatic N) is 5. The van der Waals surface area contributed by atoms with Crippen LogP contribution in [0.1, 0.15) is 19.2 Å². The lowest BCUT2D eigenvalue weighted by molar-refractivity contribution is 0.0376. The molecule has 1 aromatic carbocycles. The SMILES string of the molecule is CCNC(=NCc1nncn1-c1ccccc1)NCCCN1CCOCC1. The van der Waals surface area contributed by atoms with E-state index in [1.807, 2.05) is 34.9 Å². The minimum atomic E-state index is 0.466. The first-order valence-corrected chi connectivity index (χ1v) is 9.63. The number of guanidine groups is 1. The number of aliphatic imine (C=N–C) groups is 1. The Morgan fingerprint density at radius 1 is 1.19 bits per heavy atom. The maximum atomic E-state index is 5.39. The summed E-state index contributed by atoms with van der Waals surface area (Å²) in [6, 6.07) is 10.1. The molecule has 0 aliphatic carbocycles. The predicted molar refractivity (Wildman–Crippen MR) is 106 cm³/mol. The van der Waals surface area contributed by atoms with Gasteiger partial charge < -0.3 is 15.4 Å². The summed E-state index contributed by atoms with van der Waals surface area (Å²) in [5.41, 5.74) is 1.04. The first kappa shape index (κ1) is 19.3. The summed E-state index contributed by atoms with van der Waals surface area (Å²) in [4.78, 5) is 7.11. The number of hydrogen-bond acceptors (Lipinski definition) is 5. The lowest BCUT2D eigenvalue weighted by Gasteiger charge is -2.26. The number of nitrogens with one attached hydrogen (secondary N) is 2. The van der Waals surface area contributed by atoms with Crippen LogP contribution in [0.5, 0.6) is 0 Å². The van der Waals surface area contributed by atoms with Crippen molar-refractivity contribution in [3.05, 3.63) is 42.5 Å². The Balaban J connectivity index is 1.51. The molecule has 1 aliphatic heterocycles. The average Bonchev–Trinajstić information content (AvgIpc) is 3.19. The second kappa shape index (κ2) is 10.6. The van der Waals surface area contributed by atoms with Crippen LogP contribution < -0.4 is 10.6 Å². The smallest absolute Gasteiger partial charge is 0.191 e. The largest absolute Gasteiger partial charge is 0.379 e. The van der Waals surface area contributed by atoms with Crippen molar-refractivity contribution in [1.82, 2.24) is 30.3 Å². The molecule has 1 aliphatic rings. The molecule has 1 fully saturated rings. The highest BCUT2D eigenvalue weighted by atomic mass is 16.5. The van der Waals surface area contributed by atoms with E-state index in [9.17, 15) is 0 Å². The maximum absolute atomic E-state index is 5.39. The molecule has 1 aromatic heterocycles. The third-order valence-electron chi connectivity index (χ3n) is 4.42. The lowest BCUT2D eigenvalue weighted by Crippen LogP contribution is -2.40. The molecule has 0 saturated carbocycles. The van der Waals surface area contributed by atoms with Gasteiger partial charge in [-0.15, -0.1) is 10.2 Å². The fraction of sp³-hybridized carbons (Fsp3) is 0.526. The first-order valence-electron chi connectivity index (χ1n) is 9.63. The Morgan fingerprint density at radius 3 is 2.78 bits per heavy atom. The van der Waals surface area contributed by atoms with Crippen LogP contribution >= 0.6 is 0 Å². The lowest BCUT2D eigenvalue weighted by atomic mass is 10.3. The third-order valence-corrected chi connectivity index (χ3v) is 4.42. The zero-order chi connectivity index (χ0) is 18.7. The van der Waals surface area contributed by atoms with Crippen molar-refractivity contribution >= 4 is 5.96 Å². The van der Waals surface area contributed by atoms with Gasteiger partial charge in [0.15, 0.2) is 11.8 Å². The molecule has 3 rings (SSSR count). The van der Waals surface area contributed by atoms with Gasteiger partial charge in [0.05, 0.1) is 13.2 Å². The Kier molecular flexibility index (Phi) is 7.61. The molecule has 0 amide bonds. The fourth-order valence-corrected chi connectivity index (χ4v) is 3.00. The summed E-state index contributed by atoms with van der Waals surface area (Å²) >= 11 is 0. The molecule has 0 radical (unpaired) electrons. The predicted octanol–water partition coefficient (Wildman–Crippen LogP) is 1.04. The summed E-state index contributed by atoms with van der Waals surface area (Å²) in [5, 5.41) is 14.9. The van der Waals surface area contributed by atoms with E-state index in [2.05, 4.69) is 37.6 Å². The third kappa shape index (κ3) is 6.04. The van der Waals surface area contributed by atoms with Crippen molar-refractivity contribution in [2.24, 2.45) is 4.99 Å². The number of ether oxygens (including phenoxy) is 1. The molecule has 1 saturated heterocycles. The van der Waals surface area contributed by atoms with Crippen LogP contribution in [-0.2, 0) is 11.3 Å². The van der Waals surface area contributed by atoms with Crippen LogP contribution in [0.3, 0.4) is 0 Å². The monoisotopic (exact) mass is 371 g/mol. The molecule has 2 heterocycles. The molecular weight excluding hydrogens is 342 g/mol. The summed E-state index contributed by atoms with van der Waals surface area (Å²) in [5.74, 6) is 1.62. The zero-order valence-corrected chi connectivity index (χ0v) is 16.0. The molecule has 0 atom stereocenters. The van der Waals surface area contributed by atoms with E-state index in [0.29, 0.717) is 6.54 Å². The summed E-state index contributed by atoms with van der Waals surface area (Å²) < 4.78 is 7.35. The Morgan fingerprint density at radius 2 is 2.00 bits per heavy atom. The molecule has 0 spiro atoms. The van der Waals surface area contributed by atoms with Gasteiger partial charge in [0, 0.05) is 31.9 Å². The van der Waals surface area contributed by atoms with Gasteiger partial charge in [0.1, 0.15) is 12.9 Å². The highest BCUT2D eigenvalue weighted by Gasteiger charge is 2.09. The van der Waals surface area contributed by atoms with E-state index in [0.717, 1.165) is 69.8 Å². The Labute approximate surface area is 160 Å². The van der Waals surface area contributed by atoms with Gasteiger partial charge in [-0.05, 0) is 32.0 Å². The Hall–Kier alpha value is -2.45. The molecule has 146 valence electrons. The van der Waals surface area contributed by atoms with E-state index in [4.69, 9.17) is 4.74 Å². The summed E-state index contributed by atoms with van der Waals surface area (Å²) in [7, 11) is 0. The van der Waals surface area contributed by atoms with Crippen LogP contribution in [0.15, 0.2) is 41.7 Å². The highest BCUT2D eigenvalue weighted by Crippen LogP contribution is 2.09. The van der Waals surface area contributed by atoms with Gasteiger partial charge in [0.2, 0.25) is 0 Å². The summed E-state index contributed by atoms with van der Waals surface area (Å²) in [6.45, 7) is 9.07. The highest BCUT2D eigenvalue weighted by molar-refractivity contribution is 5.79. The van der Waals surface area contributed by atoms with Crippen molar-refractivity contribution in [2.45, 2.75) is 19.9 Å². The van der Waals surface area contributed by atoms with Crippen LogP contribution in [0.4, 0.5) is 0 Å². The molecule has 27 heavy (non-hydrogen) atoms. The standard InChI is InChI=1S/C19H29N7O/c1-2-20-19(21-9-6-10-25-11-13-27-14-12-25)22-15-18-24-23-16-26(18)17-7-4-3-5-8-17/h3-5,7-8,16H,2,6,9-15H2,1H3,(H2,20,21,22). The van der Waals surface area contributed by atoms with Gasteiger partial charge in [-0.25, -0.2) is 4.99 Å². The van der Waals surface area contributed by atoms with Crippen LogP contribution in [0, 0.1) is 0 Å². The molecule has 0 bridgehead atoms. The van der Waals surface area contributed by atoms with E-state index >= 15 is 0 Å². The number of hydrogen-bond donors (Lipinski definition) is 2. The van der Waals surface area contributed by atoms with Crippen molar-refractivity contribution in [3.8, 4) is 5.69 Å². The van der Waals surface area contributed by atoms with Crippen LogP contribution in [-0.4, -0.2) is 71.6 Å². The number of para-hydroxylation sites is 1. The van der Waals surface area contributed by atoms with E-state index in [1.165, 1.54) is 0 Å². The van der Waals surface area contributed by atoms with E-state index in [-0.39, 0.29) is 0 Å². The zero-order valence-electron chi connectivity index (χ0n) is 16.0. The van der Waals surface area contributed by atoms with Gasteiger partial charge in [0.25, 0.3) is 0 Å². The summed E-state index contributed by atoms with van der Waals surface area (Å²) in [6.07, 6.45) is 2.80. The second-order valence-corrected chi connectivity index (χ2v) is 6.38. The quantitative estimate of drug-likeness (QED) is 0.410. The minimum Gasteiger partial charge on any atom is -0.379 e. The maximum Gasteiger partial charge on any atom is 0.191 e. The molecule has 2 aromatic rings. The van der Waals surface area contributed by atoms with E-state index in [1.54, 1.807) is 6.33 Å². The average molecular weight is 371 g/mol. The van der Waals surface area contributed by atoms with Crippen molar-refractivity contribution in [3.63, 3.8) is 0 Å². The van der Waals surface area contributed by atoms with Crippen molar-refractivity contribution in [1.29, 1.82) is 0 Å². The normalized spacial score (nSPS) is 15.7. The molecule has 8 nitrogen and oxygen atoms in total. The first-order chi connectivity index (χ1) is 13.4. The topological polar surface area (TPSA) is 79.6 Å². The molecular formula is C19H29N7O. The molecule has 0 unspecified atom stereocenters. The molecule has 2 N–H and O–H groups in total. The van der Waals surface area contributed by atoms with E-state index < -0.39 is 0 Å². The molecule has 8 heteroatoms. The van der Waals surface area contributed by atoms with Crippen LogP contribution in [0.25, 0.3) is 5.69 Å². The van der Waals surface area contributed by atoms with Gasteiger partial charge in [-0.2, -0.15) is 0 Å². The number of benzene rings is 1. The number of rotatable bonds is 8. The van der Waals surface area contributed by atoms with Gasteiger partial charge in [-0.3, -0.25) is 9.47 Å². The van der Waals surface area contributed by atoms with Crippen molar-refractivity contribution < 1.29 is 4.74 Å². The fourth-order valence-electron chi connectivity index (χ4n) is 3.00. The Bertz CT molecular complexity index is 695. The number of morpholine rings is 1. The van der Waals surface area contributed by atoms with Crippen molar-refractivity contribution in [2.75, 3.05) is 45.9 Å². The van der Waals surface area contributed by atoms with Crippen LogP contribution in [0.2, 0.25) is 0 Å². The van der Waals surface area contributed by atoms with Gasteiger partial charge >= 0.3 is 0 Å². The minimum absolute atomic E-state index is 0.466.